The van der Waals surface area contributed by atoms with Gasteiger partial charge >= 0.3 is 18.0 Å². The van der Waals surface area contributed by atoms with Crippen LogP contribution in [0.25, 0.3) is 11.1 Å². The highest BCUT2D eigenvalue weighted by Crippen LogP contribution is 2.24. The lowest BCUT2D eigenvalue weighted by Gasteiger charge is -2.38. The van der Waals surface area contributed by atoms with Crippen LogP contribution >= 0.6 is 0 Å². The molecule has 9 nitrogen and oxygen atoms in total. The lowest BCUT2D eigenvalue weighted by molar-refractivity contribution is -0.146. The molecule has 0 bridgehead atoms. The van der Waals surface area contributed by atoms with Gasteiger partial charge < -0.3 is 25.7 Å². The SMILES string of the molecule is CC(=O)NC(C)[C@](Cc1ccc(-c2ccccc2)cc1)(NC(=O)N(CCC(=O)O)CC(C)C)C(=O)O. The molecule has 2 rings (SSSR count). The summed E-state index contributed by atoms with van der Waals surface area (Å²) in [5, 5.41) is 24.7. The number of amides is 3. The molecular weight excluding hydrogens is 462 g/mol. The Bertz CT molecular complexity index is 1050. The van der Waals surface area contributed by atoms with E-state index < -0.39 is 35.5 Å². The molecule has 9 heteroatoms. The van der Waals surface area contributed by atoms with Crippen LogP contribution in [-0.4, -0.2) is 63.7 Å². The van der Waals surface area contributed by atoms with E-state index in [1.54, 1.807) is 12.1 Å². The van der Waals surface area contributed by atoms with E-state index in [1.165, 1.54) is 18.7 Å². The molecule has 0 heterocycles. The van der Waals surface area contributed by atoms with E-state index in [1.807, 2.05) is 56.3 Å². The standard InChI is InChI=1S/C27H35N3O6/c1-18(2)17-30(15-14-24(32)33)26(36)29-27(25(34)35,19(3)28-20(4)31)16-21-10-12-23(13-11-21)22-8-6-5-7-9-22/h5-13,18-19H,14-17H2,1-4H3,(H,28,31)(H,29,36)(H,32,33)(H,34,35)/t19?,27-/m0/s1. The molecule has 0 aliphatic heterocycles. The van der Waals surface area contributed by atoms with Gasteiger partial charge in [-0.25, -0.2) is 9.59 Å². The van der Waals surface area contributed by atoms with Gasteiger partial charge in [0.05, 0.1) is 12.5 Å². The normalized spacial score (nSPS) is 13.4. The van der Waals surface area contributed by atoms with E-state index in [9.17, 15) is 24.3 Å². The highest BCUT2D eigenvalue weighted by molar-refractivity contribution is 5.88. The van der Waals surface area contributed by atoms with Crippen molar-refractivity contribution < 1.29 is 29.4 Å². The van der Waals surface area contributed by atoms with E-state index in [0.29, 0.717) is 5.56 Å². The summed E-state index contributed by atoms with van der Waals surface area (Å²) in [5.41, 5.74) is 0.734. The molecule has 36 heavy (non-hydrogen) atoms. The summed E-state index contributed by atoms with van der Waals surface area (Å²) in [4.78, 5) is 50.2. The molecule has 0 aliphatic rings. The van der Waals surface area contributed by atoms with Crippen molar-refractivity contribution in [3.05, 3.63) is 60.2 Å². The van der Waals surface area contributed by atoms with Gasteiger partial charge in [0.25, 0.3) is 0 Å². The molecule has 0 spiro atoms. The number of aliphatic carboxylic acids is 2. The number of hydrogen-bond donors (Lipinski definition) is 4. The van der Waals surface area contributed by atoms with Crippen LogP contribution in [0.3, 0.4) is 0 Å². The number of urea groups is 1. The molecule has 0 aliphatic carbocycles. The molecule has 2 aromatic carbocycles. The Hall–Kier alpha value is -3.88. The number of carbonyl (C=O) groups is 4. The monoisotopic (exact) mass is 497 g/mol. The Balaban J connectivity index is 2.41. The van der Waals surface area contributed by atoms with Gasteiger partial charge in [-0.3, -0.25) is 9.59 Å². The summed E-state index contributed by atoms with van der Waals surface area (Å²) in [6.07, 6.45) is -0.374. The third kappa shape index (κ3) is 7.83. The van der Waals surface area contributed by atoms with Gasteiger partial charge in [0.15, 0.2) is 5.54 Å². The maximum Gasteiger partial charge on any atom is 0.331 e. The van der Waals surface area contributed by atoms with E-state index in [-0.39, 0.29) is 31.8 Å². The Labute approximate surface area is 211 Å². The van der Waals surface area contributed by atoms with E-state index >= 15 is 0 Å². The van der Waals surface area contributed by atoms with Gasteiger partial charge in [0.2, 0.25) is 5.91 Å². The average molecular weight is 498 g/mol. The Morgan fingerprint density at radius 1 is 0.917 bits per heavy atom. The fourth-order valence-corrected chi connectivity index (χ4v) is 4.03. The number of nitrogens with zero attached hydrogens (tertiary/aromatic N) is 1. The zero-order valence-corrected chi connectivity index (χ0v) is 21.2. The fraction of sp³-hybridized carbons (Fsp3) is 0.407. The Kier molecular flexibility index (Phi) is 10.0. The molecule has 194 valence electrons. The molecule has 0 saturated carbocycles. The van der Waals surface area contributed by atoms with Crippen molar-refractivity contribution in [1.29, 1.82) is 0 Å². The summed E-state index contributed by atoms with van der Waals surface area (Å²) in [5.74, 6) is -2.79. The topological polar surface area (TPSA) is 136 Å². The third-order valence-corrected chi connectivity index (χ3v) is 5.88. The van der Waals surface area contributed by atoms with Crippen LogP contribution in [0.5, 0.6) is 0 Å². The average Bonchev–Trinajstić information content (AvgIpc) is 2.81. The predicted octanol–water partition coefficient (Wildman–Crippen LogP) is 3.39. The van der Waals surface area contributed by atoms with Crippen molar-refractivity contribution in [2.45, 2.75) is 52.1 Å². The Morgan fingerprint density at radius 3 is 2.00 bits per heavy atom. The molecule has 2 atom stereocenters. The number of hydrogen-bond acceptors (Lipinski definition) is 4. The van der Waals surface area contributed by atoms with Gasteiger partial charge in [-0.15, -0.1) is 0 Å². The van der Waals surface area contributed by atoms with Gasteiger partial charge in [-0.1, -0.05) is 68.4 Å². The quantitative estimate of drug-likeness (QED) is 0.355. The first-order chi connectivity index (χ1) is 16.9. The Morgan fingerprint density at radius 2 is 1.50 bits per heavy atom. The van der Waals surface area contributed by atoms with Crippen LogP contribution in [0.15, 0.2) is 54.6 Å². The molecule has 0 radical (unpaired) electrons. The zero-order chi connectivity index (χ0) is 26.9. The zero-order valence-electron chi connectivity index (χ0n) is 21.2. The number of rotatable bonds is 12. The molecular formula is C27H35N3O6. The lowest BCUT2D eigenvalue weighted by Crippen LogP contribution is -2.68. The first kappa shape index (κ1) is 28.4. The molecule has 4 N–H and O–H groups in total. The van der Waals surface area contributed by atoms with Gasteiger partial charge in [0.1, 0.15) is 0 Å². The van der Waals surface area contributed by atoms with Crippen LogP contribution < -0.4 is 10.6 Å². The highest BCUT2D eigenvalue weighted by atomic mass is 16.4. The molecule has 1 unspecified atom stereocenters. The molecule has 0 saturated heterocycles. The van der Waals surface area contributed by atoms with E-state index in [2.05, 4.69) is 10.6 Å². The lowest BCUT2D eigenvalue weighted by atomic mass is 9.83. The number of carboxylic acid groups (broad SMARTS) is 2. The largest absolute Gasteiger partial charge is 0.481 e. The predicted molar refractivity (Wildman–Crippen MR) is 136 cm³/mol. The van der Waals surface area contributed by atoms with Crippen molar-refractivity contribution >= 4 is 23.9 Å². The molecule has 0 fully saturated rings. The van der Waals surface area contributed by atoms with Crippen molar-refractivity contribution in [2.75, 3.05) is 13.1 Å². The van der Waals surface area contributed by atoms with Gasteiger partial charge in [-0.2, -0.15) is 0 Å². The highest BCUT2D eigenvalue weighted by Gasteiger charge is 2.46. The summed E-state index contributed by atoms with van der Waals surface area (Å²) in [7, 11) is 0. The number of carbonyl (C=O) groups excluding carboxylic acids is 2. The second-order valence-corrected chi connectivity index (χ2v) is 9.35. The van der Waals surface area contributed by atoms with Crippen molar-refractivity contribution in [2.24, 2.45) is 5.92 Å². The molecule has 3 amide bonds. The van der Waals surface area contributed by atoms with Crippen LogP contribution in [0.2, 0.25) is 0 Å². The van der Waals surface area contributed by atoms with Crippen LogP contribution in [0, 0.1) is 5.92 Å². The van der Waals surface area contributed by atoms with Gasteiger partial charge in [-0.05, 0) is 29.5 Å². The van der Waals surface area contributed by atoms with Crippen molar-refractivity contribution in [3.63, 3.8) is 0 Å². The summed E-state index contributed by atoms with van der Waals surface area (Å²) < 4.78 is 0. The number of benzene rings is 2. The minimum atomic E-state index is -1.88. The second kappa shape index (κ2) is 12.7. The maximum atomic E-state index is 13.3. The third-order valence-electron chi connectivity index (χ3n) is 5.88. The smallest absolute Gasteiger partial charge is 0.331 e. The van der Waals surface area contributed by atoms with Gasteiger partial charge in [0, 0.05) is 26.4 Å². The maximum absolute atomic E-state index is 13.3. The van der Waals surface area contributed by atoms with Crippen molar-refractivity contribution in [3.8, 4) is 11.1 Å². The minimum absolute atomic E-state index is 0.0297. The summed E-state index contributed by atoms with van der Waals surface area (Å²) >= 11 is 0. The molecule has 0 aromatic heterocycles. The minimum Gasteiger partial charge on any atom is -0.481 e. The van der Waals surface area contributed by atoms with Crippen LogP contribution in [0.1, 0.15) is 39.7 Å². The van der Waals surface area contributed by atoms with Crippen LogP contribution in [0.4, 0.5) is 4.79 Å². The summed E-state index contributed by atoms with van der Waals surface area (Å²) in [6, 6.07) is 15.4. The van der Waals surface area contributed by atoms with Crippen molar-refractivity contribution in [1.82, 2.24) is 15.5 Å². The second-order valence-electron chi connectivity index (χ2n) is 9.35. The fourth-order valence-electron chi connectivity index (χ4n) is 4.03. The van der Waals surface area contributed by atoms with Crippen LogP contribution in [-0.2, 0) is 20.8 Å². The molecule has 2 aromatic rings. The number of carboxylic acids is 2. The van der Waals surface area contributed by atoms with E-state index in [0.717, 1.165) is 11.1 Å². The summed E-state index contributed by atoms with van der Waals surface area (Å²) in [6.45, 7) is 6.72. The number of nitrogens with one attached hydrogen (secondary N) is 2. The van der Waals surface area contributed by atoms with E-state index in [4.69, 9.17) is 5.11 Å². The first-order valence-corrected chi connectivity index (χ1v) is 11.9. The first-order valence-electron chi connectivity index (χ1n) is 11.9.